The van der Waals surface area contributed by atoms with E-state index in [2.05, 4.69) is 4.98 Å². The molecule has 3 aromatic rings. The van der Waals surface area contributed by atoms with E-state index in [1.54, 1.807) is 24.3 Å². The molecule has 148 valence electrons. The molecule has 0 saturated heterocycles. The Bertz CT molecular complexity index is 958. The van der Waals surface area contributed by atoms with Crippen LogP contribution in [-0.4, -0.2) is 16.7 Å². The second-order valence-corrected chi connectivity index (χ2v) is 5.94. The van der Waals surface area contributed by atoms with Gasteiger partial charge < -0.3 is 9.30 Å². The fourth-order valence-electron chi connectivity index (χ4n) is 2.80. The number of imidazole rings is 1. The normalized spacial score (nSPS) is 12.2. The minimum atomic E-state index is -4.68. The van der Waals surface area contributed by atoms with Gasteiger partial charge in [-0.05, 0) is 18.2 Å². The average Bonchev–Trinajstić information content (AvgIpc) is 3.05. The predicted molar refractivity (Wildman–Crippen MR) is 89.8 cm³/mol. The van der Waals surface area contributed by atoms with Crippen LogP contribution in [0.5, 0.6) is 5.75 Å². The van der Waals surface area contributed by atoms with E-state index < -0.39 is 23.6 Å². The highest BCUT2D eigenvalue weighted by Gasteiger charge is 2.36. The summed E-state index contributed by atoms with van der Waals surface area (Å²) >= 11 is 0. The number of halogens is 6. The number of hydrogen-bond donors (Lipinski definition) is 0. The molecule has 3 rings (SSSR count). The molecule has 3 nitrogen and oxygen atoms in total. The Labute approximate surface area is 156 Å². The summed E-state index contributed by atoms with van der Waals surface area (Å²) in [5.41, 5.74) is -1.29. The molecule has 0 amide bonds. The number of hydrogen-bond acceptors (Lipinski definition) is 2. The van der Waals surface area contributed by atoms with E-state index in [4.69, 9.17) is 4.74 Å². The molecule has 1 aromatic heterocycles. The van der Waals surface area contributed by atoms with Crippen LogP contribution in [0.25, 0.3) is 11.4 Å². The van der Waals surface area contributed by atoms with Gasteiger partial charge in [-0.2, -0.15) is 26.3 Å². The van der Waals surface area contributed by atoms with Crippen molar-refractivity contribution in [3.63, 3.8) is 0 Å². The molecule has 2 aromatic carbocycles. The van der Waals surface area contributed by atoms with Gasteiger partial charge in [0, 0.05) is 11.1 Å². The van der Waals surface area contributed by atoms with Crippen molar-refractivity contribution < 1.29 is 31.1 Å². The van der Waals surface area contributed by atoms with Crippen LogP contribution < -0.4 is 4.74 Å². The van der Waals surface area contributed by atoms with Crippen molar-refractivity contribution in [3.05, 3.63) is 71.5 Å². The van der Waals surface area contributed by atoms with E-state index in [-0.39, 0.29) is 17.9 Å². The molecule has 0 aliphatic heterocycles. The number of benzene rings is 2. The van der Waals surface area contributed by atoms with Gasteiger partial charge in [-0.3, -0.25) is 0 Å². The minimum absolute atomic E-state index is 0.0908. The van der Waals surface area contributed by atoms with Crippen molar-refractivity contribution in [2.75, 3.05) is 7.11 Å². The van der Waals surface area contributed by atoms with E-state index in [1.807, 2.05) is 0 Å². The first-order valence-corrected chi connectivity index (χ1v) is 8.03. The Morgan fingerprint density at radius 1 is 0.893 bits per heavy atom. The summed E-state index contributed by atoms with van der Waals surface area (Å²) in [5, 5.41) is 0. The van der Waals surface area contributed by atoms with E-state index >= 15 is 0 Å². The van der Waals surface area contributed by atoms with Gasteiger partial charge in [-0.15, -0.1) is 0 Å². The Kier molecular flexibility index (Phi) is 5.10. The maximum absolute atomic E-state index is 13.4. The third-order valence-corrected chi connectivity index (χ3v) is 4.14. The molecule has 0 bridgehead atoms. The molecular formula is C19H14F6N2O. The summed E-state index contributed by atoms with van der Waals surface area (Å²) in [6.45, 7) is -0.213. The zero-order chi connectivity index (χ0) is 20.5. The second kappa shape index (κ2) is 7.21. The SMILES string of the molecule is COc1ccccc1Cn1c(C(F)(F)F)cnc1-c1ccc(C(F)(F)F)cc1. The quantitative estimate of drug-likeness (QED) is 0.530. The van der Waals surface area contributed by atoms with Gasteiger partial charge in [0.25, 0.3) is 0 Å². The van der Waals surface area contributed by atoms with Gasteiger partial charge in [-0.25, -0.2) is 4.98 Å². The van der Waals surface area contributed by atoms with Crippen LogP contribution in [0.1, 0.15) is 16.8 Å². The summed E-state index contributed by atoms with van der Waals surface area (Å²) in [6, 6.07) is 10.4. The van der Waals surface area contributed by atoms with E-state index in [9.17, 15) is 26.3 Å². The summed E-state index contributed by atoms with van der Waals surface area (Å²) in [6.07, 6.45) is -8.55. The molecule has 0 unspecified atom stereocenters. The molecule has 0 aliphatic carbocycles. The first-order chi connectivity index (χ1) is 13.1. The molecule has 1 heterocycles. The fraction of sp³-hybridized carbons (Fsp3) is 0.211. The molecule has 28 heavy (non-hydrogen) atoms. The second-order valence-electron chi connectivity index (χ2n) is 5.94. The lowest BCUT2D eigenvalue weighted by molar-refractivity contribution is -0.143. The Balaban J connectivity index is 2.09. The largest absolute Gasteiger partial charge is 0.496 e. The summed E-state index contributed by atoms with van der Waals surface area (Å²) < 4.78 is 84.7. The smallest absolute Gasteiger partial charge is 0.433 e. The van der Waals surface area contributed by atoms with Crippen LogP contribution in [0.4, 0.5) is 26.3 Å². The number of para-hydroxylation sites is 1. The minimum Gasteiger partial charge on any atom is -0.496 e. The lowest BCUT2D eigenvalue weighted by atomic mass is 10.1. The van der Waals surface area contributed by atoms with Gasteiger partial charge in [0.1, 0.15) is 17.3 Å². The van der Waals surface area contributed by atoms with Crippen molar-refractivity contribution in [1.82, 2.24) is 9.55 Å². The van der Waals surface area contributed by atoms with Gasteiger partial charge in [-0.1, -0.05) is 30.3 Å². The van der Waals surface area contributed by atoms with Crippen LogP contribution in [0.15, 0.2) is 54.7 Å². The predicted octanol–water partition coefficient (Wildman–Crippen LogP) is 5.64. The first kappa shape index (κ1) is 19.8. The fourth-order valence-corrected chi connectivity index (χ4v) is 2.80. The molecule has 0 fully saturated rings. The van der Waals surface area contributed by atoms with E-state index in [0.717, 1.165) is 28.8 Å². The topological polar surface area (TPSA) is 27.1 Å². The molecule has 9 heteroatoms. The monoisotopic (exact) mass is 400 g/mol. The van der Waals surface area contributed by atoms with Crippen LogP contribution in [0.2, 0.25) is 0 Å². The molecule has 0 spiro atoms. The zero-order valence-corrected chi connectivity index (χ0v) is 14.5. The Hall–Kier alpha value is -2.97. The van der Waals surface area contributed by atoms with Crippen molar-refractivity contribution in [2.24, 2.45) is 0 Å². The van der Waals surface area contributed by atoms with E-state index in [0.29, 0.717) is 17.5 Å². The van der Waals surface area contributed by atoms with Crippen LogP contribution >= 0.6 is 0 Å². The highest BCUT2D eigenvalue weighted by Crippen LogP contribution is 2.35. The van der Waals surface area contributed by atoms with Crippen molar-refractivity contribution >= 4 is 0 Å². The zero-order valence-electron chi connectivity index (χ0n) is 14.5. The lowest BCUT2D eigenvalue weighted by Crippen LogP contribution is -2.15. The third-order valence-electron chi connectivity index (χ3n) is 4.14. The molecule has 0 aliphatic rings. The number of methoxy groups -OCH3 is 1. The number of rotatable bonds is 4. The summed E-state index contributed by atoms with van der Waals surface area (Å²) in [5.74, 6) is 0.301. The molecule has 0 radical (unpaired) electrons. The lowest BCUT2D eigenvalue weighted by Gasteiger charge is -2.16. The van der Waals surface area contributed by atoms with Crippen molar-refractivity contribution in [3.8, 4) is 17.1 Å². The Morgan fingerprint density at radius 3 is 2.11 bits per heavy atom. The van der Waals surface area contributed by atoms with Gasteiger partial charge >= 0.3 is 12.4 Å². The van der Waals surface area contributed by atoms with Gasteiger partial charge in [0.15, 0.2) is 0 Å². The van der Waals surface area contributed by atoms with Crippen LogP contribution in [-0.2, 0) is 18.9 Å². The molecule has 0 saturated carbocycles. The summed E-state index contributed by atoms with van der Waals surface area (Å²) in [7, 11) is 1.40. The van der Waals surface area contributed by atoms with E-state index in [1.165, 1.54) is 7.11 Å². The van der Waals surface area contributed by atoms with Crippen molar-refractivity contribution in [1.29, 1.82) is 0 Å². The number of ether oxygens (including phenoxy) is 1. The number of alkyl halides is 6. The van der Waals surface area contributed by atoms with Gasteiger partial charge in [0.05, 0.1) is 25.4 Å². The summed E-state index contributed by atoms with van der Waals surface area (Å²) in [4.78, 5) is 3.82. The first-order valence-electron chi connectivity index (χ1n) is 8.03. The Morgan fingerprint density at radius 2 is 1.54 bits per heavy atom. The molecular weight excluding hydrogens is 386 g/mol. The third kappa shape index (κ3) is 3.97. The van der Waals surface area contributed by atoms with Crippen LogP contribution in [0.3, 0.4) is 0 Å². The highest BCUT2D eigenvalue weighted by atomic mass is 19.4. The molecule has 0 atom stereocenters. The maximum atomic E-state index is 13.4. The highest BCUT2D eigenvalue weighted by molar-refractivity contribution is 5.57. The number of aromatic nitrogens is 2. The molecule has 0 N–H and O–H groups in total. The van der Waals surface area contributed by atoms with Gasteiger partial charge in [0.2, 0.25) is 0 Å². The average molecular weight is 400 g/mol. The van der Waals surface area contributed by atoms with Crippen LogP contribution in [0, 0.1) is 0 Å². The number of nitrogens with zero attached hydrogens (tertiary/aromatic N) is 2. The standard InChI is InChI=1S/C19H14F6N2O/c1-28-15-5-3-2-4-13(15)11-27-16(19(23,24)25)10-26-17(27)12-6-8-14(9-7-12)18(20,21)22/h2-10H,11H2,1H3. The van der Waals surface area contributed by atoms with Crippen molar-refractivity contribution in [2.45, 2.75) is 18.9 Å². The maximum Gasteiger partial charge on any atom is 0.433 e.